The number of aromatic amines is 1. The fourth-order valence-corrected chi connectivity index (χ4v) is 1.64. The van der Waals surface area contributed by atoms with Crippen molar-refractivity contribution >= 4 is 5.91 Å². The predicted molar refractivity (Wildman–Crippen MR) is 52.9 cm³/mol. The van der Waals surface area contributed by atoms with E-state index in [4.69, 9.17) is 0 Å². The summed E-state index contributed by atoms with van der Waals surface area (Å²) in [5, 5.41) is 6.42. The largest absolute Gasteiger partial charge is 0.334 e. The van der Waals surface area contributed by atoms with Gasteiger partial charge in [-0.05, 0) is 13.3 Å². The van der Waals surface area contributed by atoms with Crippen molar-refractivity contribution in [1.82, 2.24) is 15.1 Å². The zero-order valence-corrected chi connectivity index (χ0v) is 8.16. The number of H-pyrrole nitrogens is 1. The fourth-order valence-electron chi connectivity index (χ4n) is 1.64. The maximum Gasteiger partial charge on any atom is 0.257 e. The van der Waals surface area contributed by atoms with Gasteiger partial charge in [0.1, 0.15) is 0 Å². The summed E-state index contributed by atoms with van der Waals surface area (Å²) in [5.74, 6) is 0.0613. The van der Waals surface area contributed by atoms with Crippen molar-refractivity contribution in [2.75, 3.05) is 13.1 Å². The van der Waals surface area contributed by atoms with Crippen LogP contribution in [0.5, 0.6) is 0 Å². The van der Waals surface area contributed by atoms with Gasteiger partial charge in [0.2, 0.25) is 0 Å². The molecule has 74 valence electrons. The van der Waals surface area contributed by atoms with E-state index in [0.717, 1.165) is 19.5 Å². The number of aromatic nitrogens is 2. The summed E-state index contributed by atoms with van der Waals surface area (Å²) in [6.07, 6.45) is 6.33. The van der Waals surface area contributed by atoms with Crippen LogP contribution >= 0.6 is 0 Å². The summed E-state index contributed by atoms with van der Waals surface area (Å²) in [6.45, 7) is 3.60. The van der Waals surface area contributed by atoms with E-state index in [1.807, 2.05) is 4.90 Å². The lowest BCUT2D eigenvalue weighted by Crippen LogP contribution is -2.35. The third-order valence-corrected chi connectivity index (χ3v) is 2.36. The minimum absolute atomic E-state index is 0.0613. The second-order valence-corrected chi connectivity index (χ2v) is 3.55. The first-order chi connectivity index (χ1) is 6.77. The van der Waals surface area contributed by atoms with Gasteiger partial charge in [-0.3, -0.25) is 9.89 Å². The van der Waals surface area contributed by atoms with Crippen LogP contribution in [0.4, 0.5) is 0 Å². The Morgan fingerprint density at radius 1 is 1.64 bits per heavy atom. The van der Waals surface area contributed by atoms with Gasteiger partial charge < -0.3 is 4.90 Å². The second kappa shape index (κ2) is 3.65. The van der Waals surface area contributed by atoms with Crippen LogP contribution in [0.2, 0.25) is 0 Å². The molecule has 2 heterocycles. The Kier molecular flexibility index (Phi) is 2.35. The first kappa shape index (κ1) is 8.99. The molecule has 4 heteroatoms. The molecule has 1 aromatic heterocycles. The number of amides is 1. The number of carbonyl (C=O) groups excluding carboxylic acids is 1. The molecule has 4 nitrogen and oxygen atoms in total. The Morgan fingerprint density at radius 2 is 2.50 bits per heavy atom. The van der Waals surface area contributed by atoms with Crippen LogP contribution in [0.25, 0.3) is 0 Å². The molecular formula is C10H13N3O. The third-order valence-electron chi connectivity index (χ3n) is 2.36. The lowest BCUT2D eigenvalue weighted by atomic mass is 10.1. The van der Waals surface area contributed by atoms with Gasteiger partial charge in [-0.2, -0.15) is 5.10 Å². The number of nitrogens with zero attached hydrogens (tertiary/aromatic N) is 2. The van der Waals surface area contributed by atoms with Gasteiger partial charge in [0, 0.05) is 19.3 Å². The summed E-state index contributed by atoms with van der Waals surface area (Å²) in [5.41, 5.74) is 1.90. The third kappa shape index (κ3) is 1.69. The summed E-state index contributed by atoms with van der Waals surface area (Å²) < 4.78 is 0. The Labute approximate surface area is 82.6 Å². The maximum atomic E-state index is 11.8. The topological polar surface area (TPSA) is 49.0 Å². The van der Waals surface area contributed by atoms with Crippen molar-refractivity contribution in [2.24, 2.45) is 0 Å². The number of nitrogens with one attached hydrogen (secondary N) is 1. The molecule has 0 fully saturated rings. The predicted octanol–water partition coefficient (Wildman–Crippen LogP) is 1.20. The summed E-state index contributed by atoms with van der Waals surface area (Å²) in [4.78, 5) is 13.7. The van der Waals surface area contributed by atoms with Crippen LogP contribution in [-0.2, 0) is 0 Å². The molecule has 1 amide bonds. The van der Waals surface area contributed by atoms with Gasteiger partial charge in [0.15, 0.2) is 0 Å². The molecule has 1 aromatic rings. The standard InChI is InChI=1S/C10H13N3O/c1-8-3-2-4-13(7-8)10(14)9-5-11-12-6-9/h3,5-6H,2,4,7H2,1H3,(H,11,12). The minimum atomic E-state index is 0.0613. The summed E-state index contributed by atoms with van der Waals surface area (Å²) >= 11 is 0. The van der Waals surface area contributed by atoms with Crippen molar-refractivity contribution < 1.29 is 4.79 Å². The first-order valence-corrected chi connectivity index (χ1v) is 4.71. The molecular weight excluding hydrogens is 178 g/mol. The highest BCUT2D eigenvalue weighted by atomic mass is 16.2. The Bertz CT molecular complexity index is 353. The normalized spacial score (nSPS) is 16.6. The average molecular weight is 191 g/mol. The maximum absolute atomic E-state index is 11.8. The molecule has 1 aliphatic rings. The summed E-state index contributed by atoms with van der Waals surface area (Å²) in [7, 11) is 0. The smallest absolute Gasteiger partial charge is 0.257 e. The van der Waals surface area contributed by atoms with Crippen molar-refractivity contribution in [3.8, 4) is 0 Å². The van der Waals surface area contributed by atoms with Crippen molar-refractivity contribution in [1.29, 1.82) is 0 Å². The molecule has 1 aliphatic heterocycles. The van der Waals surface area contributed by atoms with E-state index in [2.05, 4.69) is 23.2 Å². The fraction of sp³-hybridized carbons (Fsp3) is 0.400. The lowest BCUT2D eigenvalue weighted by Gasteiger charge is -2.25. The number of hydrogen-bond donors (Lipinski definition) is 1. The molecule has 0 saturated heterocycles. The molecule has 14 heavy (non-hydrogen) atoms. The molecule has 0 atom stereocenters. The molecule has 0 radical (unpaired) electrons. The second-order valence-electron chi connectivity index (χ2n) is 3.55. The number of hydrogen-bond acceptors (Lipinski definition) is 2. The zero-order valence-electron chi connectivity index (χ0n) is 8.16. The monoisotopic (exact) mass is 191 g/mol. The van der Waals surface area contributed by atoms with Crippen LogP contribution in [-0.4, -0.2) is 34.1 Å². The number of carbonyl (C=O) groups is 1. The Hall–Kier alpha value is -1.58. The molecule has 0 aliphatic carbocycles. The highest BCUT2D eigenvalue weighted by Crippen LogP contribution is 2.11. The van der Waals surface area contributed by atoms with E-state index >= 15 is 0 Å². The SMILES string of the molecule is CC1=CCCN(C(=O)c2cn[nH]c2)C1. The van der Waals surface area contributed by atoms with Crippen LogP contribution in [0.1, 0.15) is 23.7 Å². The van der Waals surface area contributed by atoms with Crippen LogP contribution in [0, 0.1) is 0 Å². The lowest BCUT2D eigenvalue weighted by molar-refractivity contribution is 0.0766. The van der Waals surface area contributed by atoms with Crippen LogP contribution in [0.3, 0.4) is 0 Å². The molecule has 0 bridgehead atoms. The van der Waals surface area contributed by atoms with E-state index in [-0.39, 0.29) is 5.91 Å². The van der Waals surface area contributed by atoms with Gasteiger partial charge in [-0.15, -0.1) is 0 Å². The molecule has 0 aromatic carbocycles. The van der Waals surface area contributed by atoms with Gasteiger partial charge >= 0.3 is 0 Å². The van der Waals surface area contributed by atoms with Crippen molar-refractivity contribution in [3.05, 3.63) is 29.6 Å². The van der Waals surface area contributed by atoms with Crippen molar-refractivity contribution in [3.63, 3.8) is 0 Å². The van der Waals surface area contributed by atoms with Gasteiger partial charge in [-0.25, -0.2) is 0 Å². The zero-order chi connectivity index (χ0) is 9.97. The van der Waals surface area contributed by atoms with Gasteiger partial charge in [-0.1, -0.05) is 11.6 Å². The van der Waals surface area contributed by atoms with Crippen molar-refractivity contribution in [2.45, 2.75) is 13.3 Å². The molecule has 0 unspecified atom stereocenters. The van der Waals surface area contributed by atoms with Gasteiger partial charge in [0.25, 0.3) is 5.91 Å². The molecule has 0 spiro atoms. The minimum Gasteiger partial charge on any atom is -0.334 e. The Morgan fingerprint density at radius 3 is 3.14 bits per heavy atom. The van der Waals surface area contributed by atoms with E-state index in [1.54, 1.807) is 12.4 Å². The number of rotatable bonds is 1. The quantitative estimate of drug-likeness (QED) is 0.678. The van der Waals surface area contributed by atoms with Gasteiger partial charge in [0.05, 0.1) is 11.8 Å². The molecule has 1 N–H and O–H groups in total. The highest BCUT2D eigenvalue weighted by Gasteiger charge is 2.18. The van der Waals surface area contributed by atoms with E-state index in [1.165, 1.54) is 5.57 Å². The molecule has 2 rings (SSSR count). The first-order valence-electron chi connectivity index (χ1n) is 4.71. The van der Waals surface area contributed by atoms with E-state index < -0.39 is 0 Å². The molecule has 0 saturated carbocycles. The van der Waals surface area contributed by atoms with Crippen LogP contribution in [0.15, 0.2) is 24.0 Å². The summed E-state index contributed by atoms with van der Waals surface area (Å²) in [6, 6.07) is 0. The van der Waals surface area contributed by atoms with E-state index in [0.29, 0.717) is 5.56 Å². The highest BCUT2D eigenvalue weighted by molar-refractivity contribution is 5.93. The van der Waals surface area contributed by atoms with Crippen LogP contribution < -0.4 is 0 Å². The van der Waals surface area contributed by atoms with E-state index in [9.17, 15) is 4.79 Å². The average Bonchev–Trinajstić information content (AvgIpc) is 2.69. The Balaban J connectivity index is 2.10.